The number of aliphatic hydroxyl groups excluding tert-OH is 2. The highest BCUT2D eigenvalue weighted by atomic mass is 35.5. The van der Waals surface area contributed by atoms with Crippen molar-refractivity contribution in [1.29, 1.82) is 0 Å². The molecule has 138 valence electrons. The molecule has 0 bridgehead atoms. The van der Waals surface area contributed by atoms with Crippen LogP contribution < -0.4 is 5.73 Å². The molecule has 1 saturated heterocycles. The lowest BCUT2D eigenvalue weighted by Gasteiger charge is -2.16. The third kappa shape index (κ3) is 3.77. The maximum Gasteiger partial charge on any atom is 0.325 e. The van der Waals surface area contributed by atoms with Gasteiger partial charge in [-0.3, -0.25) is 9.13 Å². The van der Waals surface area contributed by atoms with E-state index >= 15 is 0 Å². The number of nitrogens with two attached hydrogens (primary N) is 1. The highest BCUT2D eigenvalue weighted by Crippen LogP contribution is 2.38. The fraction of sp³-hybridized carbons (Fsp3) is 0.583. The molecule has 11 nitrogen and oxygen atoms in total. The van der Waals surface area contributed by atoms with Gasteiger partial charge >= 0.3 is 7.60 Å². The van der Waals surface area contributed by atoms with Gasteiger partial charge in [0.05, 0.1) is 12.4 Å². The van der Waals surface area contributed by atoms with Gasteiger partial charge < -0.3 is 30.5 Å². The minimum absolute atomic E-state index is 0.0694. The molecule has 0 radical (unpaired) electrons. The Bertz CT molecular complexity index is 828. The van der Waals surface area contributed by atoms with Gasteiger partial charge in [0.15, 0.2) is 17.7 Å². The molecule has 3 heterocycles. The number of aromatic nitrogens is 4. The van der Waals surface area contributed by atoms with Gasteiger partial charge in [-0.1, -0.05) is 0 Å². The molecule has 1 fully saturated rings. The zero-order chi connectivity index (χ0) is 18.4. The summed E-state index contributed by atoms with van der Waals surface area (Å²) in [4.78, 5) is 29.6. The molecular formula is C12H17ClN5O6P. The molecule has 0 aromatic carbocycles. The summed E-state index contributed by atoms with van der Waals surface area (Å²) >= 11 is 5.79. The Hall–Kier alpha value is -1.33. The number of rotatable bonds is 5. The Morgan fingerprint density at radius 2 is 2.04 bits per heavy atom. The van der Waals surface area contributed by atoms with Crippen LogP contribution in [0, 0.1) is 0 Å². The van der Waals surface area contributed by atoms with E-state index < -0.39 is 32.1 Å². The van der Waals surface area contributed by atoms with Crippen molar-refractivity contribution >= 4 is 36.2 Å². The summed E-state index contributed by atoms with van der Waals surface area (Å²) in [6.07, 6.45) is -2.98. The predicted molar refractivity (Wildman–Crippen MR) is 86.8 cm³/mol. The average Bonchev–Trinajstić information content (AvgIpc) is 3.02. The Morgan fingerprint density at radius 3 is 2.72 bits per heavy atom. The average molecular weight is 394 g/mol. The Balaban J connectivity index is 1.80. The highest BCUT2D eigenvalue weighted by Gasteiger charge is 2.44. The molecule has 4 atom stereocenters. The van der Waals surface area contributed by atoms with Crippen LogP contribution in [0.3, 0.4) is 0 Å². The predicted octanol–water partition coefficient (Wildman–Crippen LogP) is -0.361. The van der Waals surface area contributed by atoms with Crippen LogP contribution in [0.25, 0.3) is 11.2 Å². The molecule has 1 aliphatic rings. The first-order valence-electron chi connectivity index (χ1n) is 7.39. The summed E-state index contributed by atoms with van der Waals surface area (Å²) in [7, 11) is -4.12. The van der Waals surface area contributed by atoms with Crippen LogP contribution in [0.2, 0.25) is 5.28 Å². The summed E-state index contributed by atoms with van der Waals surface area (Å²) in [5.74, 6) is 0.0694. The van der Waals surface area contributed by atoms with Crippen LogP contribution in [-0.4, -0.2) is 64.0 Å². The van der Waals surface area contributed by atoms with E-state index in [-0.39, 0.29) is 41.3 Å². The molecule has 2 aromatic heterocycles. The van der Waals surface area contributed by atoms with Crippen LogP contribution >= 0.6 is 19.2 Å². The van der Waals surface area contributed by atoms with Crippen LogP contribution in [0.15, 0.2) is 6.33 Å². The molecule has 0 spiro atoms. The minimum Gasteiger partial charge on any atom is -0.388 e. The van der Waals surface area contributed by atoms with Crippen molar-refractivity contribution < 1.29 is 29.3 Å². The van der Waals surface area contributed by atoms with Gasteiger partial charge in [0.1, 0.15) is 17.7 Å². The fourth-order valence-electron chi connectivity index (χ4n) is 2.79. The number of aliphatic hydroxyl groups is 2. The second kappa shape index (κ2) is 6.76. The number of ether oxygens (including phenoxy) is 1. The monoisotopic (exact) mass is 393 g/mol. The van der Waals surface area contributed by atoms with Crippen molar-refractivity contribution in [1.82, 2.24) is 19.5 Å². The second-order valence-corrected chi connectivity index (χ2v) is 7.89. The molecule has 2 unspecified atom stereocenters. The van der Waals surface area contributed by atoms with E-state index in [1.807, 2.05) is 0 Å². The molecule has 25 heavy (non-hydrogen) atoms. The minimum atomic E-state index is -4.12. The lowest BCUT2D eigenvalue weighted by molar-refractivity contribution is -0.0370. The van der Waals surface area contributed by atoms with E-state index in [1.54, 1.807) is 0 Å². The zero-order valence-electron chi connectivity index (χ0n) is 12.8. The summed E-state index contributed by atoms with van der Waals surface area (Å²) in [6.45, 7) is 0. The number of hydrogen-bond donors (Lipinski definition) is 5. The molecule has 2 aromatic rings. The summed E-state index contributed by atoms with van der Waals surface area (Å²) in [6, 6.07) is 0. The number of imidazole rings is 1. The molecule has 1 aliphatic heterocycles. The molecule has 6 N–H and O–H groups in total. The van der Waals surface area contributed by atoms with Gasteiger partial charge in [-0.15, -0.1) is 0 Å². The molecule has 3 rings (SSSR count). The van der Waals surface area contributed by atoms with Crippen molar-refractivity contribution in [2.24, 2.45) is 0 Å². The third-order valence-electron chi connectivity index (χ3n) is 3.97. The van der Waals surface area contributed by atoms with E-state index in [4.69, 9.17) is 31.9 Å². The molecule has 0 aliphatic carbocycles. The SMILES string of the molecule is Nc1nc(Cl)nc2c1ncn2[C@@H]1O[C@H](CCCP(=O)(O)O)C(O)C1O. The molecular weight excluding hydrogens is 377 g/mol. The molecule has 0 saturated carbocycles. The Morgan fingerprint density at radius 1 is 1.32 bits per heavy atom. The first kappa shape index (κ1) is 18.5. The van der Waals surface area contributed by atoms with E-state index in [0.717, 1.165) is 0 Å². The van der Waals surface area contributed by atoms with E-state index in [9.17, 15) is 14.8 Å². The lowest BCUT2D eigenvalue weighted by Crippen LogP contribution is -2.31. The van der Waals surface area contributed by atoms with Gasteiger partial charge in [-0.2, -0.15) is 9.97 Å². The first-order chi connectivity index (χ1) is 11.7. The topological polar surface area (TPSA) is 177 Å². The second-order valence-electron chi connectivity index (χ2n) is 5.78. The maximum atomic E-state index is 10.9. The highest BCUT2D eigenvalue weighted by molar-refractivity contribution is 7.51. The van der Waals surface area contributed by atoms with Gasteiger partial charge in [-0.05, 0) is 24.4 Å². The largest absolute Gasteiger partial charge is 0.388 e. The van der Waals surface area contributed by atoms with E-state index in [2.05, 4.69) is 15.0 Å². The van der Waals surface area contributed by atoms with E-state index in [1.165, 1.54) is 10.9 Å². The quantitative estimate of drug-likeness (QED) is 0.333. The van der Waals surface area contributed by atoms with Crippen molar-refractivity contribution in [3.8, 4) is 0 Å². The van der Waals surface area contributed by atoms with Crippen molar-refractivity contribution in [2.75, 3.05) is 11.9 Å². The number of anilines is 1. The Kier molecular flexibility index (Phi) is 5.00. The number of halogens is 1. The van der Waals surface area contributed by atoms with Crippen LogP contribution in [0.1, 0.15) is 19.1 Å². The number of fused-ring (bicyclic) bond motifs is 1. The Labute approximate surface area is 146 Å². The van der Waals surface area contributed by atoms with Crippen molar-refractivity contribution in [3.63, 3.8) is 0 Å². The first-order valence-corrected chi connectivity index (χ1v) is 9.56. The fourth-order valence-corrected chi connectivity index (χ4v) is 3.56. The molecule has 0 amide bonds. The lowest BCUT2D eigenvalue weighted by atomic mass is 10.1. The van der Waals surface area contributed by atoms with Gasteiger partial charge in [0.2, 0.25) is 5.28 Å². The van der Waals surface area contributed by atoms with Crippen LogP contribution in [0.5, 0.6) is 0 Å². The molecule has 13 heteroatoms. The van der Waals surface area contributed by atoms with Crippen molar-refractivity contribution in [2.45, 2.75) is 37.4 Å². The van der Waals surface area contributed by atoms with E-state index in [0.29, 0.717) is 0 Å². The number of nitrogen functional groups attached to an aromatic ring is 1. The van der Waals surface area contributed by atoms with Crippen LogP contribution in [0.4, 0.5) is 5.82 Å². The van der Waals surface area contributed by atoms with Gasteiger partial charge in [0.25, 0.3) is 0 Å². The third-order valence-corrected chi connectivity index (χ3v) is 5.04. The van der Waals surface area contributed by atoms with Gasteiger partial charge in [0, 0.05) is 6.16 Å². The zero-order valence-corrected chi connectivity index (χ0v) is 14.5. The summed E-state index contributed by atoms with van der Waals surface area (Å²) in [5, 5.41) is 20.3. The standard InChI is InChI=1S/C12H17ClN5O6P/c13-12-16-9(14)6-10(17-12)18(4-15-6)11-8(20)7(19)5(24-11)2-1-3-25(21,22)23/h4-5,7-8,11,19-20H,1-3H2,(H2,14,16,17)(H2,21,22,23)/t5-,7?,8?,11-/m1/s1. The number of nitrogens with zero attached hydrogens (tertiary/aromatic N) is 4. The smallest absolute Gasteiger partial charge is 0.325 e. The maximum absolute atomic E-state index is 10.9. The van der Waals surface area contributed by atoms with Gasteiger partial charge in [-0.25, -0.2) is 4.98 Å². The normalized spacial score (nSPS) is 27.2. The van der Waals surface area contributed by atoms with Crippen molar-refractivity contribution in [3.05, 3.63) is 11.6 Å². The number of hydrogen-bond acceptors (Lipinski definition) is 8. The van der Waals surface area contributed by atoms with Crippen LogP contribution in [-0.2, 0) is 9.30 Å². The summed E-state index contributed by atoms with van der Waals surface area (Å²) < 4.78 is 17.9. The summed E-state index contributed by atoms with van der Waals surface area (Å²) in [5.41, 5.74) is 6.24.